The number of nitrogens with one attached hydrogen (secondary N) is 1. The number of rotatable bonds is 7. The molecule has 4 rings (SSSR count). The van der Waals surface area contributed by atoms with E-state index in [2.05, 4.69) is 15.5 Å². The zero-order valence-corrected chi connectivity index (χ0v) is 23.7. The number of aromatic nitrogens is 3. The molecule has 1 aliphatic rings. The summed E-state index contributed by atoms with van der Waals surface area (Å²) in [7, 11) is 3.30. The minimum absolute atomic E-state index is 0.0588. The van der Waals surface area contributed by atoms with Crippen LogP contribution in [0.25, 0.3) is 5.69 Å². The Balaban J connectivity index is 1.64. The van der Waals surface area contributed by atoms with Crippen molar-refractivity contribution in [1.82, 2.24) is 25.0 Å². The number of amides is 2. The molecule has 2 heterocycles. The van der Waals surface area contributed by atoms with Gasteiger partial charge in [-0.05, 0) is 58.0 Å². The molecule has 0 saturated heterocycles. The summed E-state index contributed by atoms with van der Waals surface area (Å²) in [6.45, 7) is 7.81. The van der Waals surface area contributed by atoms with Crippen LogP contribution in [0.2, 0.25) is 5.02 Å². The monoisotopic (exact) mass is 552 g/mol. The predicted molar refractivity (Wildman–Crippen MR) is 149 cm³/mol. The van der Waals surface area contributed by atoms with E-state index in [1.807, 2.05) is 41.8 Å². The summed E-state index contributed by atoms with van der Waals surface area (Å²) in [5.41, 5.74) is 2.61. The van der Waals surface area contributed by atoms with Crippen molar-refractivity contribution in [1.29, 1.82) is 0 Å². The fourth-order valence-electron chi connectivity index (χ4n) is 4.26. The van der Waals surface area contributed by atoms with Crippen molar-refractivity contribution >= 4 is 29.3 Å². The van der Waals surface area contributed by atoms with Gasteiger partial charge in [-0.1, -0.05) is 23.7 Å². The first-order chi connectivity index (χ1) is 18.5. The van der Waals surface area contributed by atoms with Crippen LogP contribution in [0.3, 0.4) is 0 Å². The summed E-state index contributed by atoms with van der Waals surface area (Å²) in [6, 6.07) is 12.5. The van der Waals surface area contributed by atoms with Gasteiger partial charge in [0.2, 0.25) is 5.91 Å². The average molecular weight is 553 g/mol. The number of ether oxygens (including phenoxy) is 2. The zero-order chi connectivity index (χ0) is 28.3. The Morgan fingerprint density at radius 1 is 1.13 bits per heavy atom. The van der Waals surface area contributed by atoms with Gasteiger partial charge in [-0.15, -0.1) is 10.2 Å². The van der Waals surface area contributed by atoms with E-state index in [-0.39, 0.29) is 18.9 Å². The molecular weight excluding hydrogens is 520 g/mol. The Morgan fingerprint density at radius 3 is 2.51 bits per heavy atom. The SMILES string of the molecule is COc1ccc2c(c1)C(c1ccc(Cl)cc1)=N[C@@H](CC(=O)N(C)CCNC(=O)OC(C)(C)C)c1nnc(C)n1-2. The molecular formula is C28H33ClN6O4. The largest absolute Gasteiger partial charge is 0.497 e. The topological polar surface area (TPSA) is 111 Å². The third-order valence-electron chi connectivity index (χ3n) is 6.16. The van der Waals surface area contributed by atoms with Crippen molar-refractivity contribution in [2.24, 2.45) is 4.99 Å². The highest BCUT2D eigenvalue weighted by atomic mass is 35.5. The summed E-state index contributed by atoms with van der Waals surface area (Å²) in [5.74, 6) is 1.77. The number of halogens is 1. The van der Waals surface area contributed by atoms with Crippen LogP contribution in [0.4, 0.5) is 4.79 Å². The molecule has 2 amide bonds. The number of benzene rings is 2. The van der Waals surface area contributed by atoms with Crippen LogP contribution >= 0.6 is 11.6 Å². The molecule has 0 spiro atoms. The van der Waals surface area contributed by atoms with Gasteiger partial charge in [0.05, 0.1) is 24.9 Å². The fourth-order valence-corrected chi connectivity index (χ4v) is 4.39. The number of hydrogen-bond acceptors (Lipinski definition) is 7. The quantitative estimate of drug-likeness (QED) is 0.462. The minimum atomic E-state index is -0.607. The summed E-state index contributed by atoms with van der Waals surface area (Å²) in [6.07, 6.45) is -0.468. The highest BCUT2D eigenvalue weighted by molar-refractivity contribution is 6.30. The smallest absolute Gasteiger partial charge is 0.407 e. The van der Waals surface area contributed by atoms with Gasteiger partial charge in [-0.3, -0.25) is 14.4 Å². The molecule has 0 radical (unpaired) electrons. The maximum atomic E-state index is 13.3. The second-order valence-electron chi connectivity index (χ2n) is 10.3. The van der Waals surface area contributed by atoms with Crippen LogP contribution in [0, 0.1) is 6.92 Å². The molecule has 1 aromatic heterocycles. The lowest BCUT2D eigenvalue weighted by atomic mass is 10.00. The number of hydrogen-bond donors (Lipinski definition) is 1. The Labute approximate surface area is 233 Å². The minimum Gasteiger partial charge on any atom is -0.497 e. The Kier molecular flexibility index (Phi) is 8.25. The molecule has 0 saturated carbocycles. The normalized spacial score (nSPS) is 14.4. The van der Waals surface area contributed by atoms with Crippen LogP contribution in [-0.2, 0) is 9.53 Å². The third kappa shape index (κ3) is 6.57. The van der Waals surface area contributed by atoms with Gasteiger partial charge in [0.15, 0.2) is 5.82 Å². The molecule has 0 aliphatic carbocycles. The number of aryl methyl sites for hydroxylation is 1. The van der Waals surface area contributed by atoms with Crippen molar-refractivity contribution in [3.05, 3.63) is 70.3 Å². The molecule has 0 bridgehead atoms. The summed E-state index contributed by atoms with van der Waals surface area (Å²) < 4.78 is 12.7. The van der Waals surface area contributed by atoms with E-state index in [1.54, 1.807) is 52.0 Å². The van der Waals surface area contributed by atoms with Gasteiger partial charge in [-0.25, -0.2) is 4.79 Å². The molecule has 2 aromatic carbocycles. The van der Waals surface area contributed by atoms with Gasteiger partial charge in [-0.2, -0.15) is 0 Å². The molecule has 0 unspecified atom stereocenters. The molecule has 10 nitrogen and oxygen atoms in total. The first kappa shape index (κ1) is 28.1. The molecule has 1 atom stereocenters. The van der Waals surface area contributed by atoms with Gasteiger partial charge in [0.25, 0.3) is 0 Å². The Hall–Kier alpha value is -3.92. The van der Waals surface area contributed by atoms with Gasteiger partial charge in [0, 0.05) is 36.3 Å². The number of likely N-dealkylation sites (N-methyl/N-ethyl adjacent to an activating group) is 1. The number of methoxy groups -OCH3 is 1. The molecule has 1 aliphatic heterocycles. The Morgan fingerprint density at radius 2 is 1.85 bits per heavy atom. The highest BCUT2D eigenvalue weighted by Crippen LogP contribution is 2.34. The van der Waals surface area contributed by atoms with E-state index in [0.29, 0.717) is 34.7 Å². The number of carbonyl (C=O) groups excluding carboxylic acids is 2. The Bertz CT molecular complexity index is 1390. The average Bonchev–Trinajstić information content (AvgIpc) is 3.20. The van der Waals surface area contributed by atoms with Crippen molar-refractivity contribution in [3.8, 4) is 11.4 Å². The lowest BCUT2D eigenvalue weighted by molar-refractivity contribution is -0.130. The maximum Gasteiger partial charge on any atom is 0.407 e. The van der Waals surface area contributed by atoms with Crippen LogP contribution in [0.1, 0.15) is 56.0 Å². The zero-order valence-electron chi connectivity index (χ0n) is 23.0. The van der Waals surface area contributed by atoms with Crippen LogP contribution in [-0.4, -0.2) is 70.2 Å². The highest BCUT2D eigenvalue weighted by Gasteiger charge is 2.30. The van der Waals surface area contributed by atoms with Crippen molar-refractivity contribution in [3.63, 3.8) is 0 Å². The van der Waals surface area contributed by atoms with Crippen molar-refractivity contribution in [2.75, 3.05) is 27.2 Å². The van der Waals surface area contributed by atoms with E-state index < -0.39 is 17.7 Å². The van der Waals surface area contributed by atoms with Crippen LogP contribution in [0.5, 0.6) is 5.75 Å². The number of alkyl carbamates (subject to hydrolysis) is 1. The lowest BCUT2D eigenvalue weighted by Crippen LogP contribution is -2.39. The first-order valence-corrected chi connectivity index (χ1v) is 13.0. The molecule has 1 N–H and O–H groups in total. The van der Waals surface area contributed by atoms with Gasteiger partial charge in [0.1, 0.15) is 23.2 Å². The molecule has 11 heteroatoms. The number of fused-ring (bicyclic) bond motifs is 3. The molecule has 3 aromatic rings. The second-order valence-corrected chi connectivity index (χ2v) is 10.7. The molecule has 206 valence electrons. The second kappa shape index (κ2) is 11.4. The fraction of sp³-hybridized carbons (Fsp3) is 0.393. The van der Waals surface area contributed by atoms with Crippen molar-refractivity contribution < 1.29 is 19.1 Å². The van der Waals surface area contributed by atoms with Gasteiger partial charge >= 0.3 is 6.09 Å². The lowest BCUT2D eigenvalue weighted by Gasteiger charge is -2.22. The van der Waals surface area contributed by atoms with Crippen LogP contribution in [0.15, 0.2) is 47.5 Å². The first-order valence-electron chi connectivity index (χ1n) is 12.6. The summed E-state index contributed by atoms with van der Waals surface area (Å²) in [5, 5.41) is 12.0. The summed E-state index contributed by atoms with van der Waals surface area (Å²) in [4.78, 5) is 31.9. The maximum absolute atomic E-state index is 13.3. The van der Waals surface area contributed by atoms with Crippen molar-refractivity contribution in [2.45, 2.75) is 45.8 Å². The third-order valence-corrected chi connectivity index (χ3v) is 6.41. The van der Waals surface area contributed by atoms with Crippen LogP contribution < -0.4 is 10.1 Å². The van der Waals surface area contributed by atoms with E-state index in [9.17, 15) is 9.59 Å². The number of nitrogens with zero attached hydrogens (tertiary/aromatic N) is 5. The summed E-state index contributed by atoms with van der Waals surface area (Å²) >= 11 is 6.17. The van der Waals surface area contributed by atoms with E-state index in [0.717, 1.165) is 16.8 Å². The van der Waals surface area contributed by atoms with Gasteiger partial charge < -0.3 is 19.7 Å². The molecule has 39 heavy (non-hydrogen) atoms. The number of aliphatic imine (C=N–C) groups is 1. The van der Waals surface area contributed by atoms with E-state index >= 15 is 0 Å². The predicted octanol–water partition coefficient (Wildman–Crippen LogP) is 4.50. The number of carbonyl (C=O) groups is 2. The van der Waals surface area contributed by atoms with E-state index in [4.69, 9.17) is 26.1 Å². The molecule has 0 fully saturated rings. The van der Waals surface area contributed by atoms with E-state index in [1.165, 1.54) is 0 Å². The standard InChI is InChI=1S/C28H33ClN6O4/c1-17-32-33-26-22(16-24(36)34(5)14-13-30-27(37)39-28(2,3)4)31-25(18-7-9-19(29)10-8-18)21-15-20(38-6)11-12-23(21)35(17)26/h7-12,15,22H,13-14,16H2,1-6H3,(H,30,37)/t22-/m0/s1.